The van der Waals surface area contributed by atoms with Crippen molar-refractivity contribution in [1.82, 2.24) is 5.32 Å². The second-order valence-electron chi connectivity index (χ2n) is 4.52. The highest BCUT2D eigenvalue weighted by molar-refractivity contribution is 7.80. The Hall–Kier alpha value is 0.240. The first kappa shape index (κ1) is 16.2. The Morgan fingerprint density at radius 1 is 1.31 bits per heavy atom. The lowest BCUT2D eigenvalue weighted by atomic mass is 10.0. The van der Waals surface area contributed by atoms with Gasteiger partial charge >= 0.3 is 0 Å². The predicted octanol–water partition coefficient (Wildman–Crippen LogP) is 3.98. The first-order valence-corrected chi connectivity index (χ1v) is 7.17. The Labute approximate surface area is 106 Å². The van der Waals surface area contributed by atoms with Gasteiger partial charge in [0, 0.05) is 11.3 Å². The second kappa shape index (κ2) is 11.7. The minimum absolute atomic E-state index is 0.182. The summed E-state index contributed by atoms with van der Waals surface area (Å²) in [6, 6.07) is 0.515. The van der Waals surface area contributed by atoms with Crippen molar-refractivity contribution in [2.24, 2.45) is 0 Å². The number of alkyl halides is 1. The lowest BCUT2D eigenvalue weighted by Crippen LogP contribution is -2.23. The third-order valence-electron chi connectivity index (χ3n) is 3.16. The van der Waals surface area contributed by atoms with Crippen molar-refractivity contribution < 1.29 is 4.39 Å². The van der Waals surface area contributed by atoms with Crippen LogP contribution in [0.2, 0.25) is 0 Å². The van der Waals surface area contributed by atoms with E-state index >= 15 is 0 Å². The minimum atomic E-state index is -0.182. The van der Waals surface area contributed by atoms with Crippen LogP contribution < -0.4 is 5.32 Å². The maximum atomic E-state index is 11.6. The van der Waals surface area contributed by atoms with Gasteiger partial charge in [0.05, 0.1) is 6.67 Å². The standard InChI is InChI=1S/C7H16FN.C6H12S/c1-3-7(9-2)5-4-6-8;7-6-4-2-1-3-5-6/h7,9H,3-6H2,1-2H3;6-7H,1-5H2. The molecule has 0 bridgehead atoms. The summed E-state index contributed by atoms with van der Waals surface area (Å²) in [4.78, 5) is 0. The first-order valence-electron chi connectivity index (χ1n) is 6.65. The topological polar surface area (TPSA) is 12.0 Å². The molecule has 0 saturated heterocycles. The maximum Gasteiger partial charge on any atom is 0.0895 e. The van der Waals surface area contributed by atoms with Crippen LogP contribution in [-0.2, 0) is 0 Å². The Kier molecular flexibility index (Phi) is 11.9. The van der Waals surface area contributed by atoms with E-state index in [1.807, 2.05) is 7.05 Å². The Morgan fingerprint density at radius 3 is 2.25 bits per heavy atom. The molecule has 1 aliphatic carbocycles. The molecule has 1 N–H and O–H groups in total. The highest BCUT2D eigenvalue weighted by Gasteiger charge is 2.06. The lowest BCUT2D eigenvalue weighted by Gasteiger charge is -2.14. The first-order chi connectivity index (χ1) is 7.74. The summed E-state index contributed by atoms with van der Waals surface area (Å²) in [5.41, 5.74) is 0. The normalized spacial score (nSPS) is 18.8. The fraction of sp³-hybridized carbons (Fsp3) is 1.00. The monoisotopic (exact) mass is 249 g/mol. The molecule has 0 spiro atoms. The van der Waals surface area contributed by atoms with Crippen molar-refractivity contribution in [3.63, 3.8) is 0 Å². The van der Waals surface area contributed by atoms with Gasteiger partial charge < -0.3 is 5.32 Å². The van der Waals surface area contributed by atoms with E-state index in [1.165, 1.54) is 32.1 Å². The van der Waals surface area contributed by atoms with Crippen molar-refractivity contribution in [2.75, 3.05) is 13.7 Å². The molecule has 0 aromatic heterocycles. The Bertz CT molecular complexity index is 134. The highest BCUT2D eigenvalue weighted by Crippen LogP contribution is 2.21. The van der Waals surface area contributed by atoms with Gasteiger partial charge in [-0.25, -0.2) is 0 Å². The fourth-order valence-electron chi connectivity index (χ4n) is 1.96. The third-order valence-corrected chi connectivity index (χ3v) is 3.68. The highest BCUT2D eigenvalue weighted by atomic mass is 32.1. The van der Waals surface area contributed by atoms with Gasteiger partial charge in [-0.1, -0.05) is 26.2 Å². The van der Waals surface area contributed by atoms with Crippen molar-refractivity contribution in [1.29, 1.82) is 0 Å². The summed E-state index contributed by atoms with van der Waals surface area (Å²) >= 11 is 4.36. The maximum absolute atomic E-state index is 11.6. The van der Waals surface area contributed by atoms with Crippen molar-refractivity contribution >= 4 is 12.6 Å². The molecule has 1 rings (SSSR count). The number of hydrogen-bond donors (Lipinski definition) is 2. The molecule has 1 atom stereocenters. The van der Waals surface area contributed by atoms with E-state index in [0.29, 0.717) is 12.5 Å². The fourth-order valence-corrected chi connectivity index (χ4v) is 2.32. The van der Waals surface area contributed by atoms with Crippen molar-refractivity contribution in [3.05, 3.63) is 0 Å². The molecule has 3 heteroatoms. The molecule has 0 amide bonds. The predicted molar refractivity (Wildman–Crippen MR) is 74.2 cm³/mol. The van der Waals surface area contributed by atoms with Crippen LogP contribution in [0.5, 0.6) is 0 Å². The van der Waals surface area contributed by atoms with Gasteiger partial charge in [-0.2, -0.15) is 12.6 Å². The smallest absolute Gasteiger partial charge is 0.0895 e. The van der Waals surface area contributed by atoms with Crippen LogP contribution in [0, 0.1) is 0 Å². The molecular weight excluding hydrogens is 221 g/mol. The molecule has 0 radical (unpaired) electrons. The summed E-state index contributed by atoms with van der Waals surface area (Å²) < 4.78 is 11.6. The van der Waals surface area contributed by atoms with E-state index in [1.54, 1.807) is 0 Å². The summed E-state index contributed by atoms with van der Waals surface area (Å²) in [7, 11) is 1.92. The van der Waals surface area contributed by atoms with Crippen LogP contribution in [-0.4, -0.2) is 25.0 Å². The number of halogens is 1. The minimum Gasteiger partial charge on any atom is -0.317 e. The van der Waals surface area contributed by atoms with Crippen molar-refractivity contribution in [3.8, 4) is 0 Å². The molecule has 1 fully saturated rings. The molecule has 98 valence electrons. The van der Waals surface area contributed by atoms with Gasteiger partial charge in [0.25, 0.3) is 0 Å². The van der Waals surface area contributed by atoms with E-state index in [0.717, 1.165) is 18.1 Å². The zero-order valence-electron chi connectivity index (χ0n) is 10.8. The van der Waals surface area contributed by atoms with Crippen LogP contribution in [0.15, 0.2) is 0 Å². The van der Waals surface area contributed by atoms with Gasteiger partial charge in [-0.05, 0) is 39.2 Å². The summed E-state index contributed by atoms with van der Waals surface area (Å²) in [5.74, 6) is 0. The van der Waals surface area contributed by atoms with Gasteiger partial charge in [0.1, 0.15) is 0 Å². The molecule has 16 heavy (non-hydrogen) atoms. The molecule has 1 nitrogen and oxygen atoms in total. The molecule has 0 heterocycles. The van der Waals surface area contributed by atoms with Crippen LogP contribution in [0.4, 0.5) is 4.39 Å². The van der Waals surface area contributed by atoms with E-state index in [-0.39, 0.29) is 6.67 Å². The van der Waals surface area contributed by atoms with Crippen LogP contribution in [0.1, 0.15) is 58.3 Å². The number of thiol groups is 1. The van der Waals surface area contributed by atoms with E-state index < -0.39 is 0 Å². The van der Waals surface area contributed by atoms with Gasteiger partial charge in [0.15, 0.2) is 0 Å². The average Bonchev–Trinajstić information content (AvgIpc) is 2.32. The van der Waals surface area contributed by atoms with Crippen LogP contribution in [0.25, 0.3) is 0 Å². The van der Waals surface area contributed by atoms with Crippen LogP contribution in [0.3, 0.4) is 0 Å². The molecule has 1 aliphatic rings. The van der Waals surface area contributed by atoms with Gasteiger partial charge in [-0.3, -0.25) is 4.39 Å². The average molecular weight is 249 g/mol. The Morgan fingerprint density at radius 2 is 1.94 bits per heavy atom. The zero-order valence-corrected chi connectivity index (χ0v) is 11.7. The molecule has 1 unspecified atom stereocenters. The van der Waals surface area contributed by atoms with E-state index in [4.69, 9.17) is 0 Å². The molecule has 0 aromatic carbocycles. The number of nitrogens with one attached hydrogen (secondary N) is 1. The summed E-state index contributed by atoms with van der Waals surface area (Å²) in [6.07, 6.45) is 9.71. The van der Waals surface area contributed by atoms with Gasteiger partial charge in [0.2, 0.25) is 0 Å². The molecular formula is C13H28FNS. The van der Waals surface area contributed by atoms with E-state index in [2.05, 4.69) is 24.9 Å². The third kappa shape index (κ3) is 9.46. The molecule has 0 aliphatic heterocycles. The molecule has 1 saturated carbocycles. The summed E-state index contributed by atoms with van der Waals surface area (Å²) in [5, 5.41) is 3.85. The lowest BCUT2D eigenvalue weighted by molar-refractivity contribution is 0.415. The zero-order chi connectivity index (χ0) is 12.2. The van der Waals surface area contributed by atoms with Crippen LogP contribution >= 0.6 is 12.6 Å². The second-order valence-corrected chi connectivity index (χ2v) is 5.25. The van der Waals surface area contributed by atoms with Crippen molar-refractivity contribution in [2.45, 2.75) is 69.6 Å². The summed E-state index contributed by atoms with van der Waals surface area (Å²) in [6.45, 7) is 1.93. The van der Waals surface area contributed by atoms with Gasteiger partial charge in [-0.15, -0.1) is 0 Å². The number of hydrogen-bond acceptors (Lipinski definition) is 2. The SMILES string of the molecule is CCC(CCCF)NC.SC1CCCCC1. The molecule has 0 aromatic rings. The Balaban J connectivity index is 0.000000288. The largest absolute Gasteiger partial charge is 0.317 e. The quantitative estimate of drug-likeness (QED) is 0.702. The van der Waals surface area contributed by atoms with E-state index in [9.17, 15) is 4.39 Å². The number of rotatable bonds is 5.